The second-order valence-corrected chi connectivity index (χ2v) is 9.81. The monoisotopic (exact) mass is 421 g/mol. The zero-order valence-electron chi connectivity index (χ0n) is 16.0. The molecule has 0 radical (unpaired) electrons. The van der Waals surface area contributed by atoms with Gasteiger partial charge in [-0.25, -0.2) is 13.2 Å². The van der Waals surface area contributed by atoms with E-state index in [1.54, 1.807) is 18.2 Å². The van der Waals surface area contributed by atoms with Crippen LogP contribution in [0.1, 0.15) is 36.2 Å². The molecule has 0 amide bonds. The van der Waals surface area contributed by atoms with Gasteiger partial charge in [0.15, 0.2) is 0 Å². The van der Waals surface area contributed by atoms with Crippen LogP contribution in [0.4, 0.5) is 0 Å². The summed E-state index contributed by atoms with van der Waals surface area (Å²) in [5.74, 6) is 0.138. The number of sulfonamides is 1. The second kappa shape index (κ2) is 8.64. The molecule has 1 aliphatic heterocycles. The van der Waals surface area contributed by atoms with E-state index in [2.05, 4.69) is 13.8 Å². The summed E-state index contributed by atoms with van der Waals surface area (Å²) in [5.41, 5.74) is 1.01. The van der Waals surface area contributed by atoms with Crippen molar-refractivity contribution in [3.05, 3.63) is 64.7 Å². The lowest BCUT2D eigenvalue weighted by molar-refractivity contribution is 0.0472. The average Bonchev–Trinajstić information content (AvgIpc) is 2.66. The first kappa shape index (κ1) is 20.8. The Morgan fingerprint density at radius 1 is 1.07 bits per heavy atom. The van der Waals surface area contributed by atoms with Crippen molar-refractivity contribution < 1.29 is 17.9 Å². The largest absolute Gasteiger partial charge is 0.457 e. The molecule has 0 unspecified atom stereocenters. The number of piperidine rings is 1. The predicted molar refractivity (Wildman–Crippen MR) is 109 cm³/mol. The first-order valence-electron chi connectivity index (χ1n) is 9.28. The van der Waals surface area contributed by atoms with Gasteiger partial charge in [0, 0.05) is 23.7 Å². The molecule has 5 nitrogen and oxygen atoms in total. The maximum absolute atomic E-state index is 12.9. The van der Waals surface area contributed by atoms with Crippen molar-refractivity contribution in [2.75, 3.05) is 13.1 Å². The summed E-state index contributed by atoms with van der Waals surface area (Å²) in [4.78, 5) is 12.4. The molecule has 3 rings (SSSR count). The molecule has 150 valence electrons. The van der Waals surface area contributed by atoms with E-state index in [1.807, 2.05) is 6.07 Å². The summed E-state index contributed by atoms with van der Waals surface area (Å²) >= 11 is 6.06. The highest BCUT2D eigenvalue weighted by Crippen LogP contribution is 2.27. The molecular formula is C21H24ClNO4S. The summed E-state index contributed by atoms with van der Waals surface area (Å²) in [6.07, 6.45) is 1.03. The van der Waals surface area contributed by atoms with Crippen molar-refractivity contribution in [1.82, 2.24) is 4.31 Å². The molecule has 0 aromatic heterocycles. The number of halogens is 1. The van der Waals surface area contributed by atoms with Gasteiger partial charge in [0.2, 0.25) is 10.0 Å². The molecule has 0 N–H and O–H groups in total. The fraction of sp³-hybridized carbons (Fsp3) is 0.381. The van der Waals surface area contributed by atoms with Crippen molar-refractivity contribution in [2.45, 2.75) is 31.8 Å². The molecule has 7 heteroatoms. The van der Waals surface area contributed by atoms with Gasteiger partial charge in [0.1, 0.15) is 6.61 Å². The van der Waals surface area contributed by atoms with E-state index >= 15 is 0 Å². The minimum Gasteiger partial charge on any atom is -0.457 e. The van der Waals surface area contributed by atoms with E-state index < -0.39 is 16.0 Å². The Morgan fingerprint density at radius 3 is 2.29 bits per heavy atom. The Kier molecular flexibility index (Phi) is 6.43. The molecule has 1 saturated heterocycles. The van der Waals surface area contributed by atoms with Crippen LogP contribution >= 0.6 is 11.6 Å². The molecule has 0 spiro atoms. The number of hydrogen-bond donors (Lipinski definition) is 0. The van der Waals surface area contributed by atoms with Gasteiger partial charge in [-0.15, -0.1) is 0 Å². The number of benzene rings is 2. The van der Waals surface area contributed by atoms with Crippen LogP contribution in [-0.4, -0.2) is 31.8 Å². The lowest BCUT2D eigenvalue weighted by Gasteiger charge is -2.34. The Balaban J connectivity index is 1.68. The summed E-state index contributed by atoms with van der Waals surface area (Å²) in [7, 11) is -3.57. The fourth-order valence-corrected chi connectivity index (χ4v) is 5.43. The quantitative estimate of drug-likeness (QED) is 0.672. The predicted octanol–water partition coefficient (Wildman–Crippen LogP) is 4.36. The van der Waals surface area contributed by atoms with Crippen LogP contribution in [0.2, 0.25) is 5.02 Å². The number of hydrogen-bond acceptors (Lipinski definition) is 4. The second-order valence-electron chi connectivity index (χ2n) is 7.46. The Labute approximate surface area is 171 Å². The van der Waals surface area contributed by atoms with Crippen LogP contribution in [0.15, 0.2) is 53.4 Å². The molecule has 1 fully saturated rings. The molecule has 2 aromatic carbocycles. The maximum atomic E-state index is 12.9. The smallest absolute Gasteiger partial charge is 0.338 e. The van der Waals surface area contributed by atoms with Crippen molar-refractivity contribution in [2.24, 2.45) is 11.8 Å². The van der Waals surface area contributed by atoms with Crippen LogP contribution < -0.4 is 0 Å². The van der Waals surface area contributed by atoms with Crippen LogP contribution in [-0.2, 0) is 21.4 Å². The highest BCUT2D eigenvalue weighted by Gasteiger charge is 2.31. The molecule has 0 bridgehead atoms. The third-order valence-electron chi connectivity index (χ3n) is 4.88. The van der Waals surface area contributed by atoms with Gasteiger partial charge >= 0.3 is 5.97 Å². The zero-order valence-corrected chi connectivity index (χ0v) is 17.5. The number of carbonyl (C=O) groups is 1. The van der Waals surface area contributed by atoms with Gasteiger partial charge < -0.3 is 4.74 Å². The SMILES string of the molecule is C[C@H]1C[C@H](C)CN(S(=O)(=O)c2ccc(C(=O)OCc3ccccc3Cl)cc2)C1. The Morgan fingerprint density at radius 2 is 1.68 bits per heavy atom. The highest BCUT2D eigenvalue weighted by molar-refractivity contribution is 7.89. The van der Waals surface area contributed by atoms with Crippen LogP contribution in [0.25, 0.3) is 0 Å². The van der Waals surface area contributed by atoms with E-state index in [0.717, 1.165) is 6.42 Å². The minimum absolute atomic E-state index is 0.0577. The number of nitrogens with zero attached hydrogens (tertiary/aromatic N) is 1. The Bertz CT molecular complexity index is 933. The normalized spacial score (nSPS) is 20.7. The summed E-state index contributed by atoms with van der Waals surface area (Å²) in [6, 6.07) is 13.0. The maximum Gasteiger partial charge on any atom is 0.338 e. The molecule has 1 aliphatic rings. The Hall–Kier alpha value is -1.89. The van der Waals surface area contributed by atoms with Gasteiger partial charge in [-0.1, -0.05) is 43.6 Å². The van der Waals surface area contributed by atoms with Gasteiger partial charge in [-0.2, -0.15) is 4.31 Å². The average molecular weight is 422 g/mol. The summed E-state index contributed by atoms with van der Waals surface area (Å²) in [6.45, 7) is 5.23. The molecule has 2 aromatic rings. The van der Waals surface area contributed by atoms with E-state index in [9.17, 15) is 13.2 Å². The number of carbonyl (C=O) groups excluding carboxylic acids is 1. The fourth-order valence-electron chi connectivity index (χ4n) is 3.56. The number of ether oxygens (including phenoxy) is 1. The minimum atomic E-state index is -3.57. The van der Waals surface area contributed by atoms with Crippen molar-refractivity contribution in [3.63, 3.8) is 0 Å². The zero-order chi connectivity index (χ0) is 20.3. The van der Waals surface area contributed by atoms with Crippen LogP contribution in [0.3, 0.4) is 0 Å². The van der Waals surface area contributed by atoms with E-state index in [0.29, 0.717) is 41.1 Å². The van der Waals surface area contributed by atoms with Gasteiger partial charge in [0.05, 0.1) is 10.5 Å². The molecule has 1 heterocycles. The lowest BCUT2D eigenvalue weighted by Crippen LogP contribution is -2.42. The molecule has 28 heavy (non-hydrogen) atoms. The van der Waals surface area contributed by atoms with Gasteiger partial charge in [-0.05, 0) is 48.6 Å². The third kappa shape index (κ3) is 4.74. The van der Waals surface area contributed by atoms with Crippen LogP contribution in [0.5, 0.6) is 0 Å². The molecular weight excluding hydrogens is 398 g/mol. The van der Waals surface area contributed by atoms with Crippen molar-refractivity contribution in [1.29, 1.82) is 0 Å². The first-order chi connectivity index (χ1) is 13.3. The summed E-state index contributed by atoms with van der Waals surface area (Å²) in [5, 5.41) is 0.529. The topological polar surface area (TPSA) is 63.7 Å². The van der Waals surface area contributed by atoms with Crippen molar-refractivity contribution >= 4 is 27.6 Å². The standard InChI is InChI=1S/C21H24ClNO4S/c1-15-11-16(2)13-23(12-15)28(25,26)19-9-7-17(8-10-19)21(24)27-14-18-5-3-4-6-20(18)22/h3-10,15-16H,11-14H2,1-2H3/t15-,16-/m0/s1. The first-order valence-corrected chi connectivity index (χ1v) is 11.1. The highest BCUT2D eigenvalue weighted by atomic mass is 35.5. The number of esters is 1. The van der Waals surface area contributed by atoms with Gasteiger partial charge in [0.25, 0.3) is 0 Å². The van der Waals surface area contributed by atoms with E-state index in [-0.39, 0.29) is 11.5 Å². The summed E-state index contributed by atoms with van der Waals surface area (Å²) < 4.78 is 32.6. The molecule has 2 atom stereocenters. The lowest BCUT2D eigenvalue weighted by atomic mass is 9.94. The molecule has 0 saturated carbocycles. The van der Waals surface area contributed by atoms with E-state index in [1.165, 1.54) is 28.6 Å². The molecule has 0 aliphatic carbocycles. The van der Waals surface area contributed by atoms with Crippen LogP contribution in [0, 0.1) is 11.8 Å². The van der Waals surface area contributed by atoms with Gasteiger partial charge in [-0.3, -0.25) is 0 Å². The third-order valence-corrected chi connectivity index (χ3v) is 7.09. The number of rotatable bonds is 5. The van der Waals surface area contributed by atoms with Crippen molar-refractivity contribution in [3.8, 4) is 0 Å². The van der Waals surface area contributed by atoms with E-state index in [4.69, 9.17) is 16.3 Å².